The normalized spacial score (nSPS) is 11.7. The second-order valence-corrected chi connectivity index (χ2v) is 8.33. The summed E-state index contributed by atoms with van der Waals surface area (Å²) in [6, 6.07) is 8.79. The zero-order chi connectivity index (χ0) is 22.0. The van der Waals surface area contributed by atoms with Gasteiger partial charge in [-0.05, 0) is 41.5 Å². The van der Waals surface area contributed by atoms with Crippen molar-refractivity contribution in [1.82, 2.24) is 10.2 Å². The molecule has 2 rings (SSSR count). The maximum absolute atomic E-state index is 12.8. The lowest BCUT2D eigenvalue weighted by Gasteiger charge is -2.28. The van der Waals surface area contributed by atoms with Gasteiger partial charge in [-0.3, -0.25) is 4.79 Å². The minimum atomic E-state index is -1.09. The zero-order valence-electron chi connectivity index (χ0n) is 17.4. The lowest BCUT2D eigenvalue weighted by Crippen LogP contribution is -2.46. The van der Waals surface area contributed by atoms with Crippen molar-refractivity contribution in [2.75, 3.05) is 10.6 Å². The number of rotatable bonds is 2. The molecule has 0 spiro atoms. The molecule has 0 fully saturated rings. The zero-order valence-corrected chi connectivity index (χ0v) is 17.4. The number of nitrogens with two attached hydrogens (primary N) is 1. The third-order valence-electron chi connectivity index (χ3n) is 3.42. The minimum Gasteiger partial charge on any atom is -0.443 e. The van der Waals surface area contributed by atoms with Gasteiger partial charge in [-0.15, -0.1) is 0 Å². The Morgan fingerprint density at radius 2 is 1.45 bits per heavy atom. The van der Waals surface area contributed by atoms with Gasteiger partial charge in [0.1, 0.15) is 16.9 Å². The fourth-order valence-corrected chi connectivity index (χ4v) is 2.36. The van der Waals surface area contributed by atoms with E-state index in [1.807, 2.05) is 0 Å². The van der Waals surface area contributed by atoms with Gasteiger partial charge in [0.05, 0.1) is 5.69 Å². The summed E-state index contributed by atoms with van der Waals surface area (Å²) in [5.74, 6) is 0. The molecule has 2 aromatic rings. The summed E-state index contributed by atoms with van der Waals surface area (Å²) in [5, 5.41) is 6.25. The van der Waals surface area contributed by atoms with Crippen LogP contribution in [0.3, 0.4) is 0 Å². The highest BCUT2D eigenvalue weighted by Crippen LogP contribution is 2.30. The van der Waals surface area contributed by atoms with E-state index in [0.29, 0.717) is 10.5 Å². The Morgan fingerprint density at radius 3 is 1.90 bits per heavy atom. The van der Waals surface area contributed by atoms with Crippen molar-refractivity contribution in [2.24, 2.45) is 0 Å². The van der Waals surface area contributed by atoms with Crippen LogP contribution >= 0.6 is 0 Å². The van der Waals surface area contributed by atoms with Crippen molar-refractivity contribution in [3.05, 3.63) is 40.7 Å². The van der Waals surface area contributed by atoms with Gasteiger partial charge in [-0.2, -0.15) is 10.00 Å². The molecule has 0 aliphatic rings. The summed E-state index contributed by atoms with van der Waals surface area (Å²) in [7, 11) is 0. The SMILES string of the molecule is CC(C)(C)OC(=O)N(C(=O)OC(C)(C)C)c1c(N)c(-c2ccccc2)n[nH]c1=O. The molecule has 1 aromatic carbocycles. The Balaban J connectivity index is 2.65. The van der Waals surface area contributed by atoms with E-state index < -0.39 is 34.6 Å². The predicted octanol–water partition coefficient (Wildman–Crippen LogP) is 3.70. The highest BCUT2D eigenvalue weighted by atomic mass is 16.6. The van der Waals surface area contributed by atoms with Crippen molar-refractivity contribution in [1.29, 1.82) is 0 Å². The van der Waals surface area contributed by atoms with Gasteiger partial charge in [0.15, 0.2) is 5.69 Å². The molecule has 0 unspecified atom stereocenters. The molecule has 0 aliphatic heterocycles. The first-order valence-corrected chi connectivity index (χ1v) is 9.00. The van der Waals surface area contributed by atoms with E-state index in [0.717, 1.165) is 0 Å². The fourth-order valence-electron chi connectivity index (χ4n) is 2.36. The molecule has 9 heteroatoms. The first kappa shape index (κ1) is 21.9. The molecule has 0 saturated heterocycles. The smallest absolute Gasteiger partial charge is 0.424 e. The van der Waals surface area contributed by atoms with E-state index in [1.165, 1.54) is 0 Å². The lowest BCUT2D eigenvalue weighted by molar-refractivity contribution is 0.0430. The Kier molecular flexibility index (Phi) is 6.01. The number of nitrogens with zero attached hydrogens (tertiary/aromatic N) is 2. The van der Waals surface area contributed by atoms with Gasteiger partial charge in [0.2, 0.25) is 0 Å². The van der Waals surface area contributed by atoms with Crippen LogP contribution in [0.1, 0.15) is 41.5 Å². The van der Waals surface area contributed by atoms with Gasteiger partial charge >= 0.3 is 12.2 Å². The molecule has 0 saturated carbocycles. The first-order chi connectivity index (χ1) is 13.3. The molecule has 0 atom stereocenters. The van der Waals surface area contributed by atoms with Crippen molar-refractivity contribution >= 4 is 23.6 Å². The van der Waals surface area contributed by atoms with E-state index in [-0.39, 0.29) is 11.4 Å². The van der Waals surface area contributed by atoms with Crippen molar-refractivity contribution in [3.8, 4) is 11.3 Å². The molecule has 9 nitrogen and oxygen atoms in total. The van der Waals surface area contributed by atoms with E-state index in [1.54, 1.807) is 71.9 Å². The third-order valence-corrected chi connectivity index (χ3v) is 3.42. The summed E-state index contributed by atoms with van der Waals surface area (Å²) in [5.41, 5.74) is 3.73. The van der Waals surface area contributed by atoms with Gasteiger partial charge < -0.3 is 15.2 Å². The summed E-state index contributed by atoms with van der Waals surface area (Å²) in [4.78, 5) is 38.7. The summed E-state index contributed by atoms with van der Waals surface area (Å²) >= 11 is 0. The van der Waals surface area contributed by atoms with Gasteiger partial charge in [0.25, 0.3) is 5.56 Å². The second kappa shape index (κ2) is 7.94. The van der Waals surface area contributed by atoms with E-state index in [9.17, 15) is 14.4 Å². The van der Waals surface area contributed by atoms with Crippen LogP contribution in [0.4, 0.5) is 21.0 Å². The lowest BCUT2D eigenvalue weighted by atomic mass is 10.1. The monoisotopic (exact) mass is 402 g/mol. The summed E-state index contributed by atoms with van der Waals surface area (Å²) in [6.07, 6.45) is -2.18. The van der Waals surface area contributed by atoms with Gasteiger partial charge in [-0.1, -0.05) is 30.3 Å². The molecule has 0 aliphatic carbocycles. The predicted molar refractivity (Wildman–Crippen MR) is 110 cm³/mol. The number of amides is 2. The number of nitrogens with one attached hydrogen (secondary N) is 1. The number of hydrogen-bond donors (Lipinski definition) is 2. The second-order valence-electron chi connectivity index (χ2n) is 8.33. The number of nitrogen functional groups attached to an aromatic ring is 1. The minimum absolute atomic E-state index is 0.156. The molecule has 1 aromatic heterocycles. The summed E-state index contributed by atoms with van der Waals surface area (Å²) < 4.78 is 10.6. The molecule has 29 heavy (non-hydrogen) atoms. The largest absolute Gasteiger partial charge is 0.443 e. The Labute approximate surface area is 168 Å². The van der Waals surface area contributed by atoms with Crippen LogP contribution in [0.5, 0.6) is 0 Å². The first-order valence-electron chi connectivity index (χ1n) is 9.00. The number of aromatic nitrogens is 2. The van der Waals surface area contributed by atoms with Gasteiger partial charge in [0, 0.05) is 5.56 Å². The number of H-pyrrole nitrogens is 1. The topological polar surface area (TPSA) is 128 Å². The maximum atomic E-state index is 12.8. The van der Waals surface area contributed by atoms with Crippen LogP contribution in [0.15, 0.2) is 35.1 Å². The number of ether oxygens (including phenoxy) is 2. The van der Waals surface area contributed by atoms with Crippen molar-refractivity contribution < 1.29 is 19.1 Å². The highest BCUT2D eigenvalue weighted by molar-refractivity contribution is 6.12. The molecule has 156 valence electrons. The van der Waals surface area contributed by atoms with Crippen LogP contribution < -0.4 is 16.2 Å². The maximum Gasteiger partial charge on any atom is 0.424 e. The number of aromatic amines is 1. The average Bonchev–Trinajstić information content (AvgIpc) is 2.56. The standard InChI is InChI=1S/C20H26N4O5/c1-19(2,3)28-17(26)24(18(27)29-20(4,5)6)15-13(21)14(22-23-16(15)25)12-10-8-7-9-11-12/h7-11H,1-6H3,(H3,21,23,25). The van der Waals surface area contributed by atoms with E-state index >= 15 is 0 Å². The molecule has 0 bridgehead atoms. The van der Waals surface area contributed by atoms with Crippen molar-refractivity contribution in [2.45, 2.75) is 52.7 Å². The van der Waals surface area contributed by atoms with E-state index in [2.05, 4.69) is 10.2 Å². The van der Waals surface area contributed by atoms with Crippen LogP contribution in [0.25, 0.3) is 11.3 Å². The molecule has 2 amide bonds. The molecule has 3 N–H and O–H groups in total. The van der Waals surface area contributed by atoms with Crippen LogP contribution in [0, 0.1) is 0 Å². The average molecular weight is 402 g/mol. The van der Waals surface area contributed by atoms with E-state index in [4.69, 9.17) is 15.2 Å². The number of hydrogen-bond acceptors (Lipinski definition) is 7. The third kappa shape index (κ3) is 5.56. The molecular formula is C20H26N4O5. The number of imide groups is 1. The number of carbonyl (C=O) groups is 2. The Hall–Kier alpha value is -3.36. The number of carbonyl (C=O) groups excluding carboxylic acids is 2. The van der Waals surface area contributed by atoms with Crippen molar-refractivity contribution in [3.63, 3.8) is 0 Å². The number of anilines is 2. The fraction of sp³-hybridized carbons (Fsp3) is 0.400. The molecular weight excluding hydrogens is 376 g/mol. The Morgan fingerprint density at radius 1 is 0.966 bits per heavy atom. The van der Waals surface area contributed by atoms with Crippen LogP contribution in [-0.2, 0) is 9.47 Å². The van der Waals surface area contributed by atoms with Crippen LogP contribution in [-0.4, -0.2) is 33.6 Å². The molecule has 1 heterocycles. The highest BCUT2D eigenvalue weighted by Gasteiger charge is 2.36. The quantitative estimate of drug-likeness (QED) is 0.784. The van der Waals surface area contributed by atoms with Gasteiger partial charge in [-0.25, -0.2) is 14.7 Å². The Bertz CT molecular complexity index is 928. The van der Waals surface area contributed by atoms with Crippen LogP contribution in [0.2, 0.25) is 0 Å². The summed E-state index contributed by atoms with van der Waals surface area (Å²) in [6.45, 7) is 9.80. The number of benzene rings is 1. The molecule has 0 radical (unpaired) electrons.